The number of carbonyl (C=O) groups excluding carboxylic acids is 1. The van der Waals surface area contributed by atoms with Gasteiger partial charge in [-0.2, -0.15) is 0 Å². The minimum absolute atomic E-state index is 0.0514. The lowest BCUT2D eigenvalue weighted by Crippen LogP contribution is -2.59. The summed E-state index contributed by atoms with van der Waals surface area (Å²) >= 11 is 1.74. The van der Waals surface area contributed by atoms with Gasteiger partial charge in [0.1, 0.15) is 0 Å². The highest BCUT2D eigenvalue weighted by Crippen LogP contribution is 2.26. The van der Waals surface area contributed by atoms with Gasteiger partial charge in [0.2, 0.25) is 0 Å². The molecule has 0 bridgehead atoms. The van der Waals surface area contributed by atoms with Crippen molar-refractivity contribution in [3.8, 4) is 0 Å². The average Bonchev–Trinajstić information content (AvgIpc) is 2.80. The van der Waals surface area contributed by atoms with E-state index in [4.69, 9.17) is 0 Å². The number of piperidine rings is 1. The van der Waals surface area contributed by atoms with Crippen LogP contribution in [0, 0.1) is 12.3 Å². The first-order valence-electron chi connectivity index (χ1n) is 7.97. The Bertz CT molecular complexity index is 521. The van der Waals surface area contributed by atoms with E-state index >= 15 is 0 Å². The summed E-state index contributed by atoms with van der Waals surface area (Å²) < 4.78 is 0. The first kappa shape index (κ1) is 17.4. The number of thiophene rings is 1. The van der Waals surface area contributed by atoms with Gasteiger partial charge in [-0.05, 0) is 37.3 Å². The Kier molecular flexibility index (Phi) is 5.30. The van der Waals surface area contributed by atoms with Gasteiger partial charge in [0, 0.05) is 35.9 Å². The molecule has 1 fully saturated rings. The van der Waals surface area contributed by atoms with Crippen LogP contribution in [-0.2, 0) is 11.3 Å². The van der Waals surface area contributed by atoms with E-state index in [0.29, 0.717) is 26.1 Å². The fourth-order valence-electron chi connectivity index (χ4n) is 2.93. The van der Waals surface area contributed by atoms with Crippen LogP contribution < -0.4 is 5.32 Å². The standard InChI is InChI=1S/C17H28N2O2S/c1-13-6-7-14(22-13)10-18-11-17(21)8-5-9-19(15(17)20)12-16(2,3)4/h6-7,18,21H,5,8-12H2,1-4H3. The lowest BCUT2D eigenvalue weighted by atomic mass is 9.88. The Morgan fingerprint density at radius 1 is 1.41 bits per heavy atom. The predicted octanol–water partition coefficient (Wildman–Crippen LogP) is 2.55. The Morgan fingerprint density at radius 3 is 2.73 bits per heavy atom. The molecule has 2 N–H and O–H groups in total. The number of aryl methyl sites for hydroxylation is 1. The van der Waals surface area contributed by atoms with Gasteiger partial charge in [0.15, 0.2) is 5.60 Å². The number of hydrogen-bond acceptors (Lipinski definition) is 4. The van der Waals surface area contributed by atoms with Crippen molar-refractivity contribution >= 4 is 17.2 Å². The van der Waals surface area contributed by atoms with Crippen molar-refractivity contribution < 1.29 is 9.90 Å². The van der Waals surface area contributed by atoms with Gasteiger partial charge in [-0.25, -0.2) is 0 Å². The molecule has 4 nitrogen and oxygen atoms in total. The zero-order valence-corrected chi connectivity index (χ0v) is 14.9. The van der Waals surface area contributed by atoms with Crippen LogP contribution in [0.2, 0.25) is 0 Å². The monoisotopic (exact) mass is 324 g/mol. The molecule has 1 aliphatic heterocycles. The lowest BCUT2D eigenvalue weighted by Gasteiger charge is -2.41. The third-order valence-electron chi connectivity index (χ3n) is 3.88. The van der Waals surface area contributed by atoms with E-state index < -0.39 is 5.60 Å². The zero-order chi connectivity index (χ0) is 16.4. The van der Waals surface area contributed by atoms with Crippen molar-refractivity contribution in [1.29, 1.82) is 0 Å². The van der Waals surface area contributed by atoms with E-state index in [1.165, 1.54) is 9.75 Å². The Hall–Kier alpha value is -0.910. The molecule has 0 aliphatic carbocycles. The minimum atomic E-state index is -1.25. The molecule has 1 atom stereocenters. The number of rotatable bonds is 5. The van der Waals surface area contributed by atoms with Crippen molar-refractivity contribution in [1.82, 2.24) is 10.2 Å². The minimum Gasteiger partial charge on any atom is -0.379 e. The highest BCUT2D eigenvalue weighted by molar-refractivity contribution is 7.11. The Labute approximate surface area is 137 Å². The molecule has 1 amide bonds. The largest absolute Gasteiger partial charge is 0.379 e. The van der Waals surface area contributed by atoms with Crippen molar-refractivity contribution in [2.45, 2.75) is 52.7 Å². The summed E-state index contributed by atoms with van der Waals surface area (Å²) in [6, 6.07) is 4.18. The summed E-state index contributed by atoms with van der Waals surface area (Å²) in [5.41, 5.74) is -1.20. The molecule has 1 aromatic heterocycles. The molecular formula is C17H28N2O2S. The zero-order valence-electron chi connectivity index (χ0n) is 14.1. The van der Waals surface area contributed by atoms with Gasteiger partial charge in [-0.3, -0.25) is 4.79 Å². The van der Waals surface area contributed by atoms with Crippen LogP contribution in [0.4, 0.5) is 0 Å². The summed E-state index contributed by atoms with van der Waals surface area (Å²) in [5, 5.41) is 14.0. The van der Waals surface area contributed by atoms with Gasteiger partial charge >= 0.3 is 0 Å². The lowest BCUT2D eigenvalue weighted by molar-refractivity contribution is -0.158. The van der Waals surface area contributed by atoms with Crippen molar-refractivity contribution in [2.24, 2.45) is 5.41 Å². The Balaban J connectivity index is 1.91. The first-order chi connectivity index (χ1) is 10.2. The molecule has 0 saturated carbocycles. The smallest absolute Gasteiger partial charge is 0.255 e. The molecule has 1 aliphatic rings. The number of likely N-dealkylation sites (tertiary alicyclic amines) is 1. The maximum Gasteiger partial charge on any atom is 0.255 e. The van der Waals surface area contributed by atoms with E-state index in [0.717, 1.165) is 13.0 Å². The van der Waals surface area contributed by atoms with Crippen molar-refractivity contribution in [3.63, 3.8) is 0 Å². The number of nitrogens with zero attached hydrogens (tertiary/aromatic N) is 1. The fourth-order valence-corrected chi connectivity index (χ4v) is 3.79. The topological polar surface area (TPSA) is 52.6 Å². The molecule has 1 aromatic rings. The summed E-state index contributed by atoms with van der Waals surface area (Å²) in [4.78, 5) is 16.9. The van der Waals surface area contributed by atoms with Crippen LogP contribution >= 0.6 is 11.3 Å². The fraction of sp³-hybridized carbons (Fsp3) is 0.706. The highest BCUT2D eigenvalue weighted by atomic mass is 32.1. The number of hydrogen-bond donors (Lipinski definition) is 2. The molecule has 1 saturated heterocycles. The number of carbonyl (C=O) groups is 1. The number of nitrogens with one attached hydrogen (secondary N) is 1. The van der Waals surface area contributed by atoms with Crippen molar-refractivity contribution in [3.05, 3.63) is 21.9 Å². The second kappa shape index (κ2) is 6.69. The SMILES string of the molecule is Cc1ccc(CNCC2(O)CCCN(CC(C)(C)C)C2=O)s1. The van der Waals surface area contributed by atoms with Gasteiger partial charge < -0.3 is 15.3 Å². The molecule has 1 unspecified atom stereocenters. The number of aliphatic hydroxyl groups is 1. The van der Waals surface area contributed by atoms with E-state index in [-0.39, 0.29) is 11.3 Å². The van der Waals surface area contributed by atoms with E-state index in [2.05, 4.69) is 45.1 Å². The van der Waals surface area contributed by atoms with E-state index in [1.54, 1.807) is 11.3 Å². The quantitative estimate of drug-likeness (QED) is 0.875. The van der Waals surface area contributed by atoms with Crippen LogP contribution in [0.25, 0.3) is 0 Å². The summed E-state index contributed by atoms with van der Waals surface area (Å²) in [7, 11) is 0. The number of amides is 1. The molecular weight excluding hydrogens is 296 g/mol. The molecule has 22 heavy (non-hydrogen) atoms. The van der Waals surface area contributed by atoms with Crippen LogP contribution in [0.15, 0.2) is 12.1 Å². The van der Waals surface area contributed by atoms with Crippen molar-refractivity contribution in [2.75, 3.05) is 19.6 Å². The normalized spacial score (nSPS) is 23.1. The maximum absolute atomic E-state index is 12.6. The second-order valence-electron chi connectivity index (χ2n) is 7.54. The van der Waals surface area contributed by atoms with E-state index in [1.807, 2.05) is 4.90 Å². The van der Waals surface area contributed by atoms with Crippen LogP contribution in [0.5, 0.6) is 0 Å². The average molecular weight is 324 g/mol. The van der Waals surface area contributed by atoms with Crippen LogP contribution in [0.1, 0.15) is 43.4 Å². The van der Waals surface area contributed by atoms with Gasteiger partial charge in [0.25, 0.3) is 5.91 Å². The predicted molar refractivity (Wildman–Crippen MR) is 91.0 cm³/mol. The highest BCUT2D eigenvalue weighted by Gasteiger charge is 2.42. The third kappa shape index (κ3) is 4.54. The molecule has 5 heteroatoms. The summed E-state index contributed by atoms with van der Waals surface area (Å²) in [6.07, 6.45) is 1.40. The van der Waals surface area contributed by atoms with Gasteiger partial charge in [-0.15, -0.1) is 11.3 Å². The molecule has 0 radical (unpaired) electrons. The van der Waals surface area contributed by atoms with Gasteiger partial charge in [-0.1, -0.05) is 20.8 Å². The molecule has 0 spiro atoms. The second-order valence-corrected chi connectivity index (χ2v) is 8.91. The van der Waals surface area contributed by atoms with Gasteiger partial charge in [0.05, 0.1) is 0 Å². The van der Waals surface area contributed by atoms with Crippen LogP contribution in [0.3, 0.4) is 0 Å². The third-order valence-corrected chi connectivity index (χ3v) is 4.88. The summed E-state index contributed by atoms with van der Waals surface area (Å²) in [6.45, 7) is 10.9. The van der Waals surface area contributed by atoms with Crippen LogP contribution in [-0.4, -0.2) is 41.1 Å². The van der Waals surface area contributed by atoms with E-state index in [9.17, 15) is 9.90 Å². The summed E-state index contributed by atoms with van der Waals surface area (Å²) in [5.74, 6) is -0.122. The Morgan fingerprint density at radius 2 is 2.14 bits per heavy atom. The maximum atomic E-state index is 12.6. The molecule has 0 aromatic carbocycles. The molecule has 2 heterocycles. The molecule has 2 rings (SSSR count). The first-order valence-corrected chi connectivity index (χ1v) is 8.79. The molecule has 124 valence electrons.